The molecule has 1 saturated heterocycles. The van der Waals surface area contributed by atoms with Gasteiger partial charge in [0.05, 0.1) is 6.04 Å². The van der Waals surface area contributed by atoms with Crippen molar-refractivity contribution in [3.63, 3.8) is 0 Å². The minimum Gasteiger partial charge on any atom is -0.508 e. The van der Waals surface area contributed by atoms with Crippen LogP contribution in [0.5, 0.6) is 5.75 Å². The Labute approximate surface area is 406 Å². The van der Waals surface area contributed by atoms with Crippen molar-refractivity contribution in [2.45, 2.75) is 141 Å². The molecule has 70 heavy (non-hydrogen) atoms. The topological polar surface area (TPSA) is 353 Å². The van der Waals surface area contributed by atoms with Crippen molar-refractivity contribution in [1.29, 1.82) is 0 Å². The second kappa shape index (κ2) is 27.2. The highest BCUT2D eigenvalue weighted by molar-refractivity contribution is 5.98. The van der Waals surface area contributed by atoms with Gasteiger partial charge in [-0.25, -0.2) is 4.79 Å². The first-order valence-corrected chi connectivity index (χ1v) is 23.3. The molecule has 1 aliphatic heterocycles. The molecule has 8 atom stereocenters. The fraction of sp³-hybridized carbons (Fsp3) is 0.542. The Morgan fingerprint density at radius 1 is 0.557 bits per heavy atom. The molecule has 3 rings (SSSR count). The molecule has 0 radical (unpaired) electrons. The summed E-state index contributed by atoms with van der Waals surface area (Å²) in [5.41, 5.74) is 6.91. The minimum atomic E-state index is -1.60. The third kappa shape index (κ3) is 17.8. The van der Waals surface area contributed by atoms with Gasteiger partial charge in [-0.3, -0.25) is 43.2 Å². The van der Waals surface area contributed by atoms with E-state index in [1.807, 2.05) is 0 Å². The number of hydrogen-bond acceptors (Lipinski definition) is 12. The lowest BCUT2D eigenvalue weighted by Crippen LogP contribution is -2.61. The van der Waals surface area contributed by atoms with Crippen LogP contribution in [0.3, 0.4) is 0 Å². The van der Waals surface area contributed by atoms with Gasteiger partial charge < -0.3 is 63.0 Å². The Balaban J connectivity index is 1.94. The highest BCUT2D eigenvalue weighted by Crippen LogP contribution is 2.21. The van der Waals surface area contributed by atoms with Gasteiger partial charge in [0.2, 0.25) is 41.4 Å². The van der Waals surface area contributed by atoms with E-state index < -0.39 is 145 Å². The SMILES string of the molecule is CC(C)[C@H](NC(=O)[C@H](CCC(=O)O)NC(=O)[C@H](Cc1ccccc1)NC(=O)[C@H](Cc1ccc(O)cc1)NC(=O)[C@@H](NC(=O)[C@@H](N)CCC(=O)O)C(C)C)C(=O)N[C@H](C(=O)N1CCC[C@H]1C(=O)O)C(C)C. The average molecular weight is 981 g/mol. The first kappa shape index (κ1) is 57.2. The molecule has 0 unspecified atom stereocenters. The molecule has 384 valence electrons. The Morgan fingerprint density at radius 2 is 0.986 bits per heavy atom. The Morgan fingerprint density at radius 3 is 1.49 bits per heavy atom. The van der Waals surface area contributed by atoms with Crippen LogP contribution in [0.15, 0.2) is 54.6 Å². The summed E-state index contributed by atoms with van der Waals surface area (Å²) < 4.78 is 0. The number of aromatic hydroxyl groups is 1. The number of nitrogens with one attached hydrogen (secondary N) is 6. The van der Waals surface area contributed by atoms with Gasteiger partial charge in [-0.1, -0.05) is 84.0 Å². The molecule has 1 heterocycles. The van der Waals surface area contributed by atoms with Crippen molar-refractivity contribution in [2.24, 2.45) is 23.5 Å². The second-order valence-electron chi connectivity index (χ2n) is 18.4. The zero-order chi connectivity index (χ0) is 52.4. The van der Waals surface area contributed by atoms with E-state index in [0.717, 1.165) is 0 Å². The number of rotatable bonds is 27. The molecule has 12 N–H and O–H groups in total. The molecule has 2 aromatic rings. The van der Waals surface area contributed by atoms with Crippen molar-refractivity contribution >= 4 is 59.3 Å². The number of phenolic OH excluding ortho intramolecular Hbond substituents is 1. The summed E-state index contributed by atoms with van der Waals surface area (Å²) in [6.45, 7) is 9.95. The smallest absolute Gasteiger partial charge is 0.326 e. The normalized spacial score (nSPS) is 16.4. The van der Waals surface area contributed by atoms with Crippen LogP contribution in [0.25, 0.3) is 0 Å². The summed E-state index contributed by atoms with van der Waals surface area (Å²) in [4.78, 5) is 133. The van der Waals surface area contributed by atoms with E-state index in [9.17, 15) is 63.3 Å². The quantitative estimate of drug-likeness (QED) is 0.0569. The first-order valence-electron chi connectivity index (χ1n) is 23.3. The number of aliphatic carboxylic acids is 3. The van der Waals surface area contributed by atoms with Gasteiger partial charge in [0, 0.05) is 32.2 Å². The van der Waals surface area contributed by atoms with Crippen LogP contribution in [-0.4, -0.2) is 139 Å². The van der Waals surface area contributed by atoms with E-state index in [1.54, 1.807) is 71.9 Å². The fourth-order valence-corrected chi connectivity index (χ4v) is 7.70. The maximum absolute atomic E-state index is 14.4. The van der Waals surface area contributed by atoms with Gasteiger partial charge in [-0.2, -0.15) is 0 Å². The number of phenols is 1. The van der Waals surface area contributed by atoms with Gasteiger partial charge in [0.25, 0.3) is 0 Å². The third-order valence-corrected chi connectivity index (χ3v) is 11.8. The van der Waals surface area contributed by atoms with Gasteiger partial charge in [0.1, 0.15) is 48.0 Å². The molecule has 0 spiro atoms. The number of carboxylic acids is 3. The molecule has 0 bridgehead atoms. The summed E-state index contributed by atoms with van der Waals surface area (Å²) >= 11 is 0. The third-order valence-electron chi connectivity index (χ3n) is 11.8. The van der Waals surface area contributed by atoms with Crippen molar-refractivity contribution in [3.8, 4) is 5.75 Å². The van der Waals surface area contributed by atoms with Crippen molar-refractivity contribution in [3.05, 3.63) is 65.7 Å². The van der Waals surface area contributed by atoms with Gasteiger partial charge in [0.15, 0.2) is 0 Å². The van der Waals surface area contributed by atoms with E-state index >= 15 is 0 Å². The Hall–Kier alpha value is -7.10. The van der Waals surface area contributed by atoms with Crippen LogP contribution in [0.2, 0.25) is 0 Å². The zero-order valence-corrected chi connectivity index (χ0v) is 40.3. The second-order valence-corrected chi connectivity index (χ2v) is 18.4. The molecule has 0 aromatic heterocycles. The number of hydrogen-bond donors (Lipinski definition) is 11. The lowest BCUT2D eigenvalue weighted by molar-refractivity contribution is -0.150. The molecule has 1 aliphatic rings. The molecular weight excluding hydrogens is 913 g/mol. The number of carboxylic acid groups (broad SMARTS) is 3. The van der Waals surface area contributed by atoms with Gasteiger partial charge in [-0.05, 0) is 66.7 Å². The maximum atomic E-state index is 14.4. The van der Waals surface area contributed by atoms with Gasteiger partial charge >= 0.3 is 17.9 Å². The summed E-state index contributed by atoms with van der Waals surface area (Å²) in [6, 6.07) is 3.51. The molecule has 1 fully saturated rings. The largest absolute Gasteiger partial charge is 0.508 e. The summed E-state index contributed by atoms with van der Waals surface area (Å²) in [6.07, 6.45) is -1.37. The lowest BCUT2D eigenvalue weighted by Gasteiger charge is -2.32. The number of amides is 7. The summed E-state index contributed by atoms with van der Waals surface area (Å²) in [5, 5.41) is 53.9. The zero-order valence-electron chi connectivity index (χ0n) is 40.3. The van der Waals surface area contributed by atoms with E-state index in [2.05, 4.69) is 31.9 Å². The summed E-state index contributed by atoms with van der Waals surface area (Å²) in [7, 11) is 0. The van der Waals surface area contributed by atoms with Gasteiger partial charge in [-0.15, -0.1) is 0 Å². The van der Waals surface area contributed by atoms with Crippen LogP contribution in [0, 0.1) is 17.8 Å². The maximum Gasteiger partial charge on any atom is 0.326 e. The van der Waals surface area contributed by atoms with Crippen LogP contribution >= 0.6 is 0 Å². The Bertz CT molecular complexity index is 2170. The highest BCUT2D eigenvalue weighted by Gasteiger charge is 2.40. The predicted octanol–water partition coefficient (Wildman–Crippen LogP) is 0.187. The molecule has 22 heteroatoms. The standard InChI is InChI=1S/C48H68N8O14/c1-25(2)38(53-41(62)31(49)18-20-36(58)59)45(66)52-34(24-29-14-16-30(57)17-15-29)44(65)51-33(23-28-11-8-7-9-12-28)43(64)50-32(19-21-37(60)61)42(63)54-39(26(3)4)46(67)55-40(27(5)6)47(68)56-22-10-13-35(56)48(69)70/h7-9,11-12,14-17,25-27,31-35,38-40,57H,10,13,18-24,49H2,1-6H3,(H,50,64)(H,51,65)(H,52,66)(H,53,62)(H,54,63)(H,55,67)(H,58,59)(H,60,61)(H,69,70)/t31-,32-,33-,34-,35-,38-,39-,40-/m0/s1. The average Bonchev–Trinajstić information content (AvgIpc) is 3.80. The summed E-state index contributed by atoms with van der Waals surface area (Å²) in [5.74, 6) is -11.3. The van der Waals surface area contributed by atoms with Crippen molar-refractivity contribution in [1.82, 2.24) is 36.8 Å². The molecule has 0 saturated carbocycles. The first-order chi connectivity index (χ1) is 32.9. The monoisotopic (exact) mass is 980 g/mol. The predicted molar refractivity (Wildman–Crippen MR) is 252 cm³/mol. The molecule has 7 amide bonds. The number of nitrogens with zero attached hydrogens (tertiary/aromatic N) is 1. The van der Waals surface area contributed by atoms with Crippen molar-refractivity contribution < 1.29 is 68.4 Å². The molecule has 2 aromatic carbocycles. The lowest BCUT2D eigenvalue weighted by atomic mass is 9.98. The van der Waals surface area contributed by atoms with E-state index in [-0.39, 0.29) is 38.0 Å². The molecule has 22 nitrogen and oxygen atoms in total. The Kier molecular flexibility index (Phi) is 22.2. The van der Waals surface area contributed by atoms with Crippen LogP contribution < -0.4 is 37.6 Å². The number of likely N-dealkylation sites (tertiary alicyclic amines) is 1. The number of carbonyl (C=O) groups is 10. The van der Waals surface area contributed by atoms with Crippen LogP contribution in [0.4, 0.5) is 0 Å². The minimum absolute atomic E-state index is 0.0833. The number of benzene rings is 2. The number of nitrogens with two attached hydrogens (primary N) is 1. The molecular formula is C48H68N8O14. The van der Waals surface area contributed by atoms with E-state index in [1.165, 1.54) is 29.2 Å². The van der Waals surface area contributed by atoms with E-state index in [4.69, 9.17) is 10.8 Å². The highest BCUT2D eigenvalue weighted by atomic mass is 16.4. The fourth-order valence-electron chi connectivity index (χ4n) is 7.70. The van der Waals surface area contributed by atoms with Crippen LogP contribution in [0.1, 0.15) is 91.2 Å². The van der Waals surface area contributed by atoms with Crippen molar-refractivity contribution in [2.75, 3.05) is 6.54 Å². The van der Waals surface area contributed by atoms with Crippen LogP contribution in [-0.2, 0) is 60.8 Å². The number of carbonyl (C=O) groups excluding carboxylic acids is 7. The molecule has 0 aliphatic carbocycles. The van der Waals surface area contributed by atoms with E-state index in [0.29, 0.717) is 17.5 Å².